The van der Waals surface area contributed by atoms with Crippen LogP contribution in [0.15, 0.2) is 24.3 Å². The summed E-state index contributed by atoms with van der Waals surface area (Å²) in [5.74, 6) is 4.40. The van der Waals surface area contributed by atoms with E-state index in [-0.39, 0.29) is 0 Å². The smallest absolute Gasteiger partial charge is 0.145 e. The molecule has 0 aliphatic rings. The van der Waals surface area contributed by atoms with Gasteiger partial charge < -0.3 is 4.74 Å². The zero-order valence-corrected chi connectivity index (χ0v) is 15.7. The number of rotatable bonds is 5. The third-order valence-corrected chi connectivity index (χ3v) is 11.0. The summed E-state index contributed by atoms with van der Waals surface area (Å²) in [7, 11) is 0.112. The number of hydrogen-bond donors (Lipinski definition) is 0. The Bertz CT molecular complexity index is 467. The van der Waals surface area contributed by atoms with E-state index >= 15 is 0 Å². The van der Waals surface area contributed by atoms with Crippen LogP contribution in [0.1, 0.15) is 47.1 Å². The van der Waals surface area contributed by atoms with Gasteiger partial charge in [-0.05, 0) is 34.3 Å². The summed E-state index contributed by atoms with van der Waals surface area (Å²) in [6.07, 6.45) is 0.838. The minimum absolute atomic E-state index is 0.695. The minimum Gasteiger partial charge on any atom is -0.497 e. The van der Waals surface area contributed by atoms with Gasteiger partial charge in [-0.3, -0.25) is 0 Å². The standard InChI is InChI=1S/C19H30OSi/c1-15(2)21(16(3)4,17(5)6)14-8-9-18-10-12-19(20-7)13-11-18/h10-13,15-17H,9H2,1-7H3. The molecule has 0 aliphatic heterocycles. The highest BCUT2D eigenvalue weighted by molar-refractivity contribution is 6.90. The normalized spacial score (nSPS) is 11.7. The maximum atomic E-state index is 5.19. The molecule has 0 aromatic heterocycles. The zero-order chi connectivity index (χ0) is 16.0. The second-order valence-electron chi connectivity index (χ2n) is 6.72. The molecule has 1 nitrogen and oxygen atoms in total. The first kappa shape index (κ1) is 17.8. The van der Waals surface area contributed by atoms with Gasteiger partial charge in [0.15, 0.2) is 0 Å². The molecule has 0 heterocycles. The summed E-state index contributed by atoms with van der Waals surface area (Å²) >= 11 is 0. The van der Waals surface area contributed by atoms with Crippen LogP contribution in [0.2, 0.25) is 16.6 Å². The number of ether oxygens (including phenoxy) is 1. The van der Waals surface area contributed by atoms with Gasteiger partial charge in [0.1, 0.15) is 13.8 Å². The second-order valence-corrected chi connectivity index (χ2v) is 12.3. The maximum absolute atomic E-state index is 5.19. The van der Waals surface area contributed by atoms with Gasteiger partial charge in [0.2, 0.25) is 0 Å². The van der Waals surface area contributed by atoms with Crippen LogP contribution >= 0.6 is 0 Å². The molecule has 0 fully saturated rings. The largest absolute Gasteiger partial charge is 0.497 e. The molecule has 0 amide bonds. The quantitative estimate of drug-likeness (QED) is 0.518. The molecule has 0 aliphatic carbocycles. The number of hydrogen-bond acceptors (Lipinski definition) is 1. The number of methoxy groups -OCH3 is 1. The fraction of sp³-hybridized carbons (Fsp3) is 0.579. The molecule has 0 saturated carbocycles. The molecule has 0 unspecified atom stereocenters. The Morgan fingerprint density at radius 2 is 1.38 bits per heavy atom. The van der Waals surface area contributed by atoms with E-state index in [2.05, 4.69) is 65.1 Å². The molecule has 21 heavy (non-hydrogen) atoms. The lowest BCUT2D eigenvalue weighted by molar-refractivity contribution is 0.414. The van der Waals surface area contributed by atoms with Crippen molar-refractivity contribution in [2.75, 3.05) is 7.11 Å². The van der Waals surface area contributed by atoms with Crippen LogP contribution in [0.5, 0.6) is 5.75 Å². The van der Waals surface area contributed by atoms with Gasteiger partial charge in [0.05, 0.1) is 7.11 Å². The van der Waals surface area contributed by atoms with Crippen molar-refractivity contribution in [1.29, 1.82) is 0 Å². The monoisotopic (exact) mass is 302 g/mol. The predicted molar refractivity (Wildman–Crippen MR) is 95.5 cm³/mol. The third kappa shape index (κ3) is 4.14. The Morgan fingerprint density at radius 1 is 0.905 bits per heavy atom. The van der Waals surface area contributed by atoms with Crippen molar-refractivity contribution >= 4 is 8.07 Å². The first-order valence-electron chi connectivity index (χ1n) is 7.97. The van der Waals surface area contributed by atoms with Crippen molar-refractivity contribution in [1.82, 2.24) is 0 Å². The fourth-order valence-electron chi connectivity index (χ4n) is 3.48. The van der Waals surface area contributed by atoms with Gasteiger partial charge >= 0.3 is 0 Å². The minimum atomic E-state index is -1.59. The highest BCUT2D eigenvalue weighted by Gasteiger charge is 2.41. The Labute approximate surface area is 132 Å². The van der Waals surface area contributed by atoms with Crippen LogP contribution in [-0.4, -0.2) is 15.2 Å². The van der Waals surface area contributed by atoms with Crippen molar-refractivity contribution < 1.29 is 4.74 Å². The Kier molecular flexibility index (Phi) is 6.55. The Balaban J connectivity index is 2.94. The molecule has 0 spiro atoms. The molecule has 1 aromatic rings. The van der Waals surface area contributed by atoms with Gasteiger partial charge in [-0.2, -0.15) is 0 Å². The lowest BCUT2D eigenvalue weighted by Gasteiger charge is -2.38. The predicted octanol–water partition coefficient (Wildman–Crippen LogP) is 5.46. The Hall–Kier alpha value is -1.20. The lowest BCUT2D eigenvalue weighted by atomic mass is 10.1. The lowest BCUT2D eigenvalue weighted by Crippen LogP contribution is -2.43. The fourth-order valence-corrected chi connectivity index (χ4v) is 8.74. The first-order valence-corrected chi connectivity index (χ1v) is 10.2. The van der Waals surface area contributed by atoms with E-state index in [4.69, 9.17) is 4.74 Å². The van der Waals surface area contributed by atoms with Crippen LogP contribution < -0.4 is 4.74 Å². The molecule has 0 N–H and O–H groups in total. The van der Waals surface area contributed by atoms with Crippen LogP contribution in [0.4, 0.5) is 0 Å². The molecule has 2 heteroatoms. The molecule has 1 aromatic carbocycles. The molecule has 0 bridgehead atoms. The highest BCUT2D eigenvalue weighted by atomic mass is 28.3. The van der Waals surface area contributed by atoms with E-state index < -0.39 is 8.07 Å². The first-order chi connectivity index (χ1) is 9.84. The van der Waals surface area contributed by atoms with Crippen LogP contribution in [0.3, 0.4) is 0 Å². The van der Waals surface area contributed by atoms with Crippen molar-refractivity contribution in [3.63, 3.8) is 0 Å². The van der Waals surface area contributed by atoms with Crippen molar-refractivity contribution in [3.8, 4) is 17.2 Å². The molecular formula is C19H30OSi. The van der Waals surface area contributed by atoms with Crippen molar-refractivity contribution in [2.45, 2.75) is 64.6 Å². The number of benzene rings is 1. The summed E-state index contributed by atoms with van der Waals surface area (Å²) in [6, 6.07) is 8.23. The molecule has 0 radical (unpaired) electrons. The average Bonchev–Trinajstić information content (AvgIpc) is 2.43. The molecule has 0 saturated heterocycles. The molecule has 0 atom stereocenters. The summed E-state index contributed by atoms with van der Waals surface area (Å²) in [5.41, 5.74) is 7.12. The van der Waals surface area contributed by atoms with E-state index in [0.717, 1.165) is 12.2 Å². The third-order valence-electron chi connectivity index (χ3n) is 4.62. The summed E-state index contributed by atoms with van der Waals surface area (Å²) < 4.78 is 5.19. The van der Waals surface area contributed by atoms with Gasteiger partial charge in [0.25, 0.3) is 0 Å². The van der Waals surface area contributed by atoms with Gasteiger partial charge in [-0.25, -0.2) is 0 Å². The van der Waals surface area contributed by atoms with Crippen molar-refractivity contribution in [2.24, 2.45) is 0 Å². The van der Waals surface area contributed by atoms with Crippen LogP contribution in [0, 0.1) is 11.5 Å². The SMILES string of the molecule is COc1ccc(CC#C[Si](C(C)C)(C(C)C)C(C)C)cc1. The summed E-state index contributed by atoms with van der Waals surface area (Å²) in [4.78, 5) is 0. The molecule has 116 valence electrons. The van der Waals surface area contributed by atoms with E-state index in [1.165, 1.54) is 5.56 Å². The van der Waals surface area contributed by atoms with Gasteiger partial charge in [-0.1, -0.05) is 53.7 Å². The van der Waals surface area contributed by atoms with Crippen molar-refractivity contribution in [3.05, 3.63) is 29.8 Å². The van der Waals surface area contributed by atoms with Crippen LogP contribution in [0.25, 0.3) is 0 Å². The van der Waals surface area contributed by atoms with E-state index in [1.54, 1.807) is 7.11 Å². The van der Waals surface area contributed by atoms with Gasteiger partial charge in [-0.15, -0.1) is 11.5 Å². The highest BCUT2D eigenvalue weighted by Crippen LogP contribution is 2.40. The molecular weight excluding hydrogens is 272 g/mol. The molecule has 1 rings (SSSR count). The summed E-state index contributed by atoms with van der Waals surface area (Å²) in [6.45, 7) is 14.1. The van der Waals surface area contributed by atoms with E-state index in [9.17, 15) is 0 Å². The maximum Gasteiger partial charge on any atom is 0.145 e. The topological polar surface area (TPSA) is 9.23 Å². The second kappa shape index (κ2) is 7.71. The van der Waals surface area contributed by atoms with E-state index in [1.807, 2.05) is 12.1 Å². The average molecular weight is 303 g/mol. The van der Waals surface area contributed by atoms with Gasteiger partial charge in [0, 0.05) is 6.42 Å². The zero-order valence-electron chi connectivity index (χ0n) is 14.7. The van der Waals surface area contributed by atoms with E-state index in [0.29, 0.717) is 16.6 Å². The van der Waals surface area contributed by atoms with Crippen LogP contribution in [-0.2, 0) is 6.42 Å². The summed E-state index contributed by atoms with van der Waals surface area (Å²) in [5, 5.41) is 0. The Morgan fingerprint density at radius 3 is 1.76 bits per heavy atom.